The summed E-state index contributed by atoms with van der Waals surface area (Å²) in [4.78, 5) is 21.8. The van der Waals surface area contributed by atoms with Gasteiger partial charge in [0.15, 0.2) is 5.13 Å². The Kier molecular flexibility index (Phi) is 5.65. The van der Waals surface area contributed by atoms with Gasteiger partial charge in [-0.15, -0.1) is 0 Å². The maximum atomic E-state index is 12.7. The van der Waals surface area contributed by atoms with E-state index in [0.717, 1.165) is 55.9 Å². The van der Waals surface area contributed by atoms with Gasteiger partial charge >= 0.3 is 0 Å². The molecule has 1 aliphatic rings. The monoisotopic (exact) mass is 429 g/mol. The van der Waals surface area contributed by atoms with Crippen LogP contribution in [0.5, 0.6) is 5.75 Å². The molecule has 0 N–H and O–H groups in total. The highest BCUT2D eigenvalue weighted by Crippen LogP contribution is 2.33. The van der Waals surface area contributed by atoms with Gasteiger partial charge < -0.3 is 14.5 Å². The molecule has 1 saturated heterocycles. The number of benzene rings is 2. The zero-order chi connectivity index (χ0) is 20.5. The lowest BCUT2D eigenvalue weighted by molar-refractivity contribution is -0.130. The molecule has 3 aromatic rings. The van der Waals surface area contributed by atoms with Crippen LogP contribution in [0.3, 0.4) is 0 Å². The molecule has 0 unspecified atom stereocenters. The van der Waals surface area contributed by atoms with Crippen LogP contribution in [0, 0.1) is 13.8 Å². The number of rotatable bonds is 4. The molecule has 29 heavy (non-hydrogen) atoms. The number of amides is 1. The van der Waals surface area contributed by atoms with Gasteiger partial charge in [0.05, 0.1) is 23.7 Å². The summed E-state index contributed by atoms with van der Waals surface area (Å²) >= 11 is 7.91. The second kappa shape index (κ2) is 8.20. The number of aromatic nitrogens is 1. The van der Waals surface area contributed by atoms with Gasteiger partial charge in [-0.1, -0.05) is 35.1 Å². The van der Waals surface area contributed by atoms with E-state index in [1.807, 2.05) is 49.1 Å². The summed E-state index contributed by atoms with van der Waals surface area (Å²) in [7, 11) is 1.66. The second-order valence-corrected chi connectivity index (χ2v) is 8.78. The van der Waals surface area contributed by atoms with Crippen LogP contribution < -0.4 is 9.64 Å². The summed E-state index contributed by atoms with van der Waals surface area (Å²) in [5.74, 6) is 1.02. The van der Waals surface area contributed by atoms with Crippen molar-refractivity contribution in [3.8, 4) is 5.75 Å². The van der Waals surface area contributed by atoms with Crippen molar-refractivity contribution in [2.45, 2.75) is 20.3 Å². The minimum atomic E-state index is 0.168. The Hall–Kier alpha value is -2.31. The van der Waals surface area contributed by atoms with E-state index in [0.29, 0.717) is 19.5 Å². The topological polar surface area (TPSA) is 45.7 Å². The lowest BCUT2D eigenvalue weighted by atomic mass is 10.1. The van der Waals surface area contributed by atoms with Crippen LogP contribution in [-0.4, -0.2) is 49.1 Å². The number of fused-ring (bicyclic) bond motifs is 1. The molecule has 0 radical (unpaired) electrons. The molecule has 0 atom stereocenters. The number of hydrogen-bond donors (Lipinski definition) is 0. The van der Waals surface area contributed by atoms with E-state index in [9.17, 15) is 4.79 Å². The Bertz CT molecular complexity index is 1060. The van der Waals surface area contributed by atoms with E-state index in [4.69, 9.17) is 21.3 Å². The average Bonchev–Trinajstić information content (AvgIpc) is 3.16. The first-order valence-corrected chi connectivity index (χ1v) is 10.9. The van der Waals surface area contributed by atoms with Crippen molar-refractivity contribution in [3.05, 3.63) is 52.0 Å². The van der Waals surface area contributed by atoms with Gasteiger partial charge in [0, 0.05) is 31.2 Å². The number of methoxy groups -OCH3 is 1. The van der Waals surface area contributed by atoms with Crippen molar-refractivity contribution in [1.82, 2.24) is 9.88 Å². The average molecular weight is 430 g/mol. The third-order valence-electron chi connectivity index (χ3n) is 5.45. The van der Waals surface area contributed by atoms with Gasteiger partial charge in [0.2, 0.25) is 5.91 Å². The molecule has 1 fully saturated rings. The van der Waals surface area contributed by atoms with E-state index in [2.05, 4.69) is 4.90 Å². The summed E-state index contributed by atoms with van der Waals surface area (Å²) in [6.07, 6.45) is 0.420. The van der Waals surface area contributed by atoms with Crippen molar-refractivity contribution in [3.63, 3.8) is 0 Å². The maximum absolute atomic E-state index is 12.7. The number of carbonyl (C=O) groups is 1. The van der Waals surface area contributed by atoms with Crippen molar-refractivity contribution in [2.75, 3.05) is 38.2 Å². The third-order valence-corrected chi connectivity index (χ3v) is 6.94. The van der Waals surface area contributed by atoms with Crippen LogP contribution >= 0.6 is 22.9 Å². The lowest BCUT2D eigenvalue weighted by Crippen LogP contribution is -2.49. The van der Waals surface area contributed by atoms with Gasteiger partial charge in [0.1, 0.15) is 5.75 Å². The molecule has 1 amide bonds. The van der Waals surface area contributed by atoms with Crippen LogP contribution in [-0.2, 0) is 11.2 Å². The summed E-state index contributed by atoms with van der Waals surface area (Å²) in [5.41, 5.74) is 4.07. The molecule has 0 spiro atoms. The summed E-state index contributed by atoms with van der Waals surface area (Å²) in [6.45, 7) is 7.01. The van der Waals surface area contributed by atoms with Gasteiger partial charge in [0.25, 0.3) is 0 Å². The quantitative estimate of drug-likeness (QED) is 0.614. The highest BCUT2D eigenvalue weighted by atomic mass is 35.5. The Morgan fingerprint density at radius 3 is 2.62 bits per heavy atom. The van der Waals surface area contributed by atoms with Gasteiger partial charge in [-0.2, -0.15) is 0 Å². The van der Waals surface area contributed by atoms with Crippen LogP contribution in [0.2, 0.25) is 5.02 Å². The van der Waals surface area contributed by atoms with Gasteiger partial charge in [-0.25, -0.2) is 4.98 Å². The second-order valence-electron chi connectivity index (χ2n) is 7.36. The largest absolute Gasteiger partial charge is 0.496 e. The van der Waals surface area contributed by atoms with E-state index in [1.54, 1.807) is 18.4 Å². The molecule has 0 aliphatic carbocycles. The first kappa shape index (κ1) is 20.0. The number of thiazole rings is 1. The van der Waals surface area contributed by atoms with Crippen molar-refractivity contribution in [1.29, 1.82) is 0 Å². The molecule has 4 rings (SSSR count). The summed E-state index contributed by atoms with van der Waals surface area (Å²) in [5, 5.41) is 1.75. The number of aryl methyl sites for hydroxylation is 2. The number of piperazine rings is 1. The zero-order valence-electron chi connectivity index (χ0n) is 16.9. The predicted octanol–water partition coefficient (Wildman–Crippen LogP) is 4.47. The van der Waals surface area contributed by atoms with Crippen LogP contribution in [0.25, 0.3) is 10.2 Å². The fraction of sp³-hybridized carbons (Fsp3) is 0.364. The fourth-order valence-corrected chi connectivity index (χ4v) is 4.94. The lowest BCUT2D eigenvalue weighted by Gasteiger charge is -2.34. The standard InChI is InChI=1S/C22H24ClN3O2S/c1-14-12-16(4-6-18(14)28-3)13-20(27)25-8-10-26(11-9-25)22-24-21-15(2)17(23)5-7-19(21)29-22/h4-7,12H,8-11,13H2,1-3H3. The number of halogens is 1. The van der Waals surface area contributed by atoms with Crippen LogP contribution in [0.1, 0.15) is 16.7 Å². The van der Waals surface area contributed by atoms with E-state index >= 15 is 0 Å². The van der Waals surface area contributed by atoms with Crippen molar-refractivity contribution < 1.29 is 9.53 Å². The highest BCUT2D eigenvalue weighted by Gasteiger charge is 2.23. The van der Waals surface area contributed by atoms with E-state index < -0.39 is 0 Å². The summed E-state index contributed by atoms with van der Waals surface area (Å²) < 4.78 is 6.45. The van der Waals surface area contributed by atoms with E-state index in [1.165, 1.54) is 0 Å². The van der Waals surface area contributed by atoms with E-state index in [-0.39, 0.29) is 5.91 Å². The Morgan fingerprint density at radius 1 is 1.17 bits per heavy atom. The molecule has 0 bridgehead atoms. The SMILES string of the molecule is COc1ccc(CC(=O)N2CCN(c3nc4c(C)c(Cl)ccc4s3)CC2)cc1C. The number of anilines is 1. The minimum absolute atomic E-state index is 0.168. The molecule has 7 heteroatoms. The first-order valence-electron chi connectivity index (χ1n) is 9.68. The Labute approximate surface area is 179 Å². The number of carbonyl (C=O) groups excluding carboxylic acids is 1. The Balaban J connectivity index is 1.39. The number of hydrogen-bond acceptors (Lipinski definition) is 5. The molecule has 1 aromatic heterocycles. The Morgan fingerprint density at radius 2 is 1.93 bits per heavy atom. The summed E-state index contributed by atoms with van der Waals surface area (Å²) in [6, 6.07) is 9.88. The van der Waals surface area contributed by atoms with Crippen LogP contribution in [0.15, 0.2) is 30.3 Å². The third kappa shape index (κ3) is 4.05. The van der Waals surface area contributed by atoms with Gasteiger partial charge in [-0.05, 0) is 48.7 Å². The molecule has 1 aliphatic heterocycles. The fourth-order valence-electron chi connectivity index (χ4n) is 3.71. The van der Waals surface area contributed by atoms with Crippen molar-refractivity contribution in [2.24, 2.45) is 0 Å². The van der Waals surface area contributed by atoms with Crippen LogP contribution in [0.4, 0.5) is 5.13 Å². The molecular formula is C22H24ClN3O2S. The normalized spacial score (nSPS) is 14.5. The molecule has 2 aromatic carbocycles. The minimum Gasteiger partial charge on any atom is -0.496 e. The first-order chi connectivity index (χ1) is 14.0. The smallest absolute Gasteiger partial charge is 0.227 e. The molecule has 2 heterocycles. The van der Waals surface area contributed by atoms with Crippen molar-refractivity contribution >= 4 is 44.2 Å². The highest BCUT2D eigenvalue weighted by molar-refractivity contribution is 7.22. The maximum Gasteiger partial charge on any atom is 0.227 e. The number of ether oxygens (including phenoxy) is 1. The zero-order valence-corrected chi connectivity index (χ0v) is 18.4. The number of nitrogens with zero attached hydrogens (tertiary/aromatic N) is 3. The molecule has 152 valence electrons. The molecule has 0 saturated carbocycles. The molecule has 5 nitrogen and oxygen atoms in total. The predicted molar refractivity (Wildman–Crippen MR) is 120 cm³/mol. The molecular weight excluding hydrogens is 406 g/mol. The van der Waals surface area contributed by atoms with Gasteiger partial charge in [-0.3, -0.25) is 4.79 Å².